The van der Waals surface area contributed by atoms with Gasteiger partial charge in [-0.3, -0.25) is 0 Å². The van der Waals surface area contributed by atoms with Gasteiger partial charge in [0, 0.05) is 0 Å². The molecule has 1 aliphatic rings. The summed E-state index contributed by atoms with van der Waals surface area (Å²) in [6.45, 7) is 6.58. The van der Waals surface area contributed by atoms with Crippen LogP contribution in [0.4, 0.5) is 0 Å². The molecule has 0 bridgehead atoms. The van der Waals surface area contributed by atoms with Crippen LogP contribution in [0.15, 0.2) is 23.3 Å². The Labute approximate surface area is 50.9 Å². The molecular weight excluding hydrogens is 96.1 g/mol. The zero-order valence-electron chi connectivity index (χ0n) is 5.73. The third-order valence-corrected chi connectivity index (χ3v) is 1.94. The average Bonchev–Trinajstić information content (AvgIpc) is 1.98. The van der Waals surface area contributed by atoms with E-state index in [1.165, 1.54) is 11.1 Å². The zero-order valence-corrected chi connectivity index (χ0v) is 5.73. The van der Waals surface area contributed by atoms with E-state index in [-0.39, 0.29) is 0 Å². The molecule has 0 fully saturated rings. The lowest BCUT2D eigenvalue weighted by atomic mass is 10.1. The first kappa shape index (κ1) is 5.61. The van der Waals surface area contributed by atoms with Crippen LogP contribution in [0.25, 0.3) is 0 Å². The Morgan fingerprint density at radius 1 is 1.38 bits per heavy atom. The summed E-state index contributed by atoms with van der Waals surface area (Å²) in [4.78, 5) is 0. The van der Waals surface area contributed by atoms with Gasteiger partial charge in [0.25, 0.3) is 0 Å². The highest BCUT2D eigenvalue weighted by atomic mass is 14.1. The first-order chi connectivity index (χ1) is 3.72. The quantitative estimate of drug-likeness (QED) is 0.447. The fourth-order valence-electron chi connectivity index (χ4n) is 0.924. The van der Waals surface area contributed by atoms with Gasteiger partial charge in [0.2, 0.25) is 0 Å². The third-order valence-electron chi connectivity index (χ3n) is 1.94. The van der Waals surface area contributed by atoms with Crippen molar-refractivity contribution in [2.24, 2.45) is 5.92 Å². The molecule has 0 N–H and O–H groups in total. The van der Waals surface area contributed by atoms with Crippen molar-refractivity contribution < 1.29 is 0 Å². The minimum atomic E-state index is 0.690. The summed E-state index contributed by atoms with van der Waals surface area (Å²) >= 11 is 0. The number of hydrogen-bond acceptors (Lipinski definition) is 0. The summed E-state index contributed by atoms with van der Waals surface area (Å²) in [5, 5.41) is 0. The van der Waals surface area contributed by atoms with Gasteiger partial charge >= 0.3 is 0 Å². The fraction of sp³-hybridized carbons (Fsp3) is 0.500. The maximum atomic E-state index is 2.24. The summed E-state index contributed by atoms with van der Waals surface area (Å²) < 4.78 is 0. The Bertz CT molecular complexity index is 149. The molecule has 1 atom stereocenters. The van der Waals surface area contributed by atoms with Gasteiger partial charge in [0.05, 0.1) is 0 Å². The molecular formula is C8H12. The molecule has 0 nitrogen and oxygen atoms in total. The van der Waals surface area contributed by atoms with Crippen LogP contribution >= 0.6 is 0 Å². The predicted octanol–water partition coefficient (Wildman–Crippen LogP) is 2.53. The second-order valence-corrected chi connectivity index (χ2v) is 2.51. The number of allylic oxidation sites excluding steroid dienone is 4. The molecule has 1 rings (SSSR count). The molecule has 0 spiro atoms. The van der Waals surface area contributed by atoms with Gasteiger partial charge in [-0.2, -0.15) is 0 Å². The first-order valence-electron chi connectivity index (χ1n) is 3.07. The topological polar surface area (TPSA) is 0 Å². The van der Waals surface area contributed by atoms with E-state index >= 15 is 0 Å². The van der Waals surface area contributed by atoms with E-state index in [0.29, 0.717) is 5.92 Å². The molecule has 0 amide bonds. The lowest BCUT2D eigenvalue weighted by molar-refractivity contribution is 0.875. The Kier molecular flexibility index (Phi) is 1.24. The SMILES string of the molecule is CC1=C(C)C(C)C=C1. The monoisotopic (exact) mass is 108 g/mol. The normalized spacial score (nSPS) is 27.6. The highest BCUT2D eigenvalue weighted by Gasteiger charge is 2.06. The molecule has 0 heterocycles. The molecule has 1 unspecified atom stereocenters. The number of hydrogen-bond donors (Lipinski definition) is 0. The van der Waals surface area contributed by atoms with Crippen LogP contribution < -0.4 is 0 Å². The van der Waals surface area contributed by atoms with Crippen molar-refractivity contribution >= 4 is 0 Å². The zero-order chi connectivity index (χ0) is 6.15. The van der Waals surface area contributed by atoms with E-state index in [1.807, 2.05) is 0 Å². The standard InChI is InChI=1S/C8H12/c1-6-4-5-7(2)8(6)3/h4-6H,1-3H3. The maximum Gasteiger partial charge on any atom is -0.00455 e. The summed E-state index contributed by atoms with van der Waals surface area (Å²) in [7, 11) is 0. The Balaban J connectivity index is 2.85. The lowest BCUT2D eigenvalue weighted by Gasteiger charge is -1.99. The van der Waals surface area contributed by atoms with Crippen molar-refractivity contribution in [1.29, 1.82) is 0 Å². The summed E-state index contributed by atoms with van der Waals surface area (Å²) in [6, 6.07) is 0. The van der Waals surface area contributed by atoms with Gasteiger partial charge in [0.1, 0.15) is 0 Å². The first-order valence-corrected chi connectivity index (χ1v) is 3.07. The van der Waals surface area contributed by atoms with Crippen molar-refractivity contribution in [1.82, 2.24) is 0 Å². The van der Waals surface area contributed by atoms with Crippen molar-refractivity contribution in [2.75, 3.05) is 0 Å². The summed E-state index contributed by atoms with van der Waals surface area (Å²) in [6.07, 6.45) is 4.44. The summed E-state index contributed by atoms with van der Waals surface area (Å²) in [5.74, 6) is 0.690. The van der Waals surface area contributed by atoms with Crippen LogP contribution in [0.1, 0.15) is 20.8 Å². The van der Waals surface area contributed by atoms with Crippen LogP contribution in [0.3, 0.4) is 0 Å². The number of rotatable bonds is 0. The van der Waals surface area contributed by atoms with Gasteiger partial charge < -0.3 is 0 Å². The molecule has 0 saturated carbocycles. The van der Waals surface area contributed by atoms with Crippen LogP contribution in [0.2, 0.25) is 0 Å². The van der Waals surface area contributed by atoms with Crippen molar-refractivity contribution in [3.8, 4) is 0 Å². The van der Waals surface area contributed by atoms with Gasteiger partial charge in [0.15, 0.2) is 0 Å². The molecule has 0 aromatic rings. The van der Waals surface area contributed by atoms with Crippen molar-refractivity contribution in [3.63, 3.8) is 0 Å². The Hall–Kier alpha value is -0.520. The van der Waals surface area contributed by atoms with Gasteiger partial charge in [-0.25, -0.2) is 0 Å². The van der Waals surface area contributed by atoms with E-state index in [4.69, 9.17) is 0 Å². The minimum absolute atomic E-state index is 0.690. The minimum Gasteiger partial charge on any atom is -0.0774 e. The lowest BCUT2D eigenvalue weighted by Crippen LogP contribution is -1.85. The van der Waals surface area contributed by atoms with E-state index < -0.39 is 0 Å². The van der Waals surface area contributed by atoms with Gasteiger partial charge in [-0.15, -0.1) is 0 Å². The van der Waals surface area contributed by atoms with E-state index in [2.05, 4.69) is 32.9 Å². The van der Waals surface area contributed by atoms with E-state index in [1.54, 1.807) is 0 Å². The molecule has 0 saturated heterocycles. The largest absolute Gasteiger partial charge is 0.0774 e. The molecule has 44 valence electrons. The third kappa shape index (κ3) is 0.706. The van der Waals surface area contributed by atoms with Gasteiger partial charge in [-0.1, -0.05) is 30.2 Å². The summed E-state index contributed by atoms with van der Waals surface area (Å²) in [5.41, 5.74) is 2.96. The molecule has 8 heavy (non-hydrogen) atoms. The molecule has 0 aliphatic heterocycles. The molecule has 1 aliphatic carbocycles. The van der Waals surface area contributed by atoms with Crippen LogP contribution in [-0.4, -0.2) is 0 Å². The second kappa shape index (κ2) is 1.77. The van der Waals surface area contributed by atoms with E-state index in [9.17, 15) is 0 Å². The smallest absolute Gasteiger partial charge is 0.00455 e. The second-order valence-electron chi connectivity index (χ2n) is 2.51. The fourth-order valence-corrected chi connectivity index (χ4v) is 0.924. The van der Waals surface area contributed by atoms with Crippen molar-refractivity contribution in [3.05, 3.63) is 23.3 Å². The molecule has 0 radical (unpaired) electrons. The average molecular weight is 108 g/mol. The van der Waals surface area contributed by atoms with Crippen LogP contribution in [0.5, 0.6) is 0 Å². The maximum absolute atomic E-state index is 2.24. The van der Waals surface area contributed by atoms with E-state index in [0.717, 1.165) is 0 Å². The van der Waals surface area contributed by atoms with Gasteiger partial charge in [-0.05, 0) is 19.8 Å². The molecule has 0 aromatic heterocycles. The predicted molar refractivity (Wildman–Crippen MR) is 36.7 cm³/mol. The molecule has 0 heteroatoms. The van der Waals surface area contributed by atoms with Crippen LogP contribution in [-0.2, 0) is 0 Å². The highest BCUT2D eigenvalue weighted by Crippen LogP contribution is 2.22. The van der Waals surface area contributed by atoms with Crippen LogP contribution in [0, 0.1) is 5.92 Å². The Morgan fingerprint density at radius 3 is 2.12 bits per heavy atom. The Morgan fingerprint density at radius 2 is 2.00 bits per heavy atom. The van der Waals surface area contributed by atoms with Crippen molar-refractivity contribution in [2.45, 2.75) is 20.8 Å². The highest BCUT2D eigenvalue weighted by molar-refractivity contribution is 5.33. The molecule has 0 aromatic carbocycles.